The van der Waals surface area contributed by atoms with Crippen molar-refractivity contribution in [2.75, 3.05) is 0 Å². The SMILES string of the molecule is CC[C@H](CC[C@@H](C)[C@H]1CC[C@H]2[C@@H]3CC=C4C[C@@H](OC(=O)Cc5c[nH]c6ccccc56)CC[C@]4(C)[C@H]3CC[C@]12C)C(C)C. The summed E-state index contributed by atoms with van der Waals surface area (Å²) in [4.78, 5) is 16.3. The molecule has 3 fully saturated rings. The Labute approximate surface area is 255 Å². The Balaban J connectivity index is 1.09. The molecule has 9 atom stereocenters. The second-order valence-corrected chi connectivity index (χ2v) is 15.8. The van der Waals surface area contributed by atoms with Gasteiger partial charge in [0, 0.05) is 23.5 Å². The molecule has 0 bridgehead atoms. The van der Waals surface area contributed by atoms with Crippen LogP contribution in [0.3, 0.4) is 0 Å². The summed E-state index contributed by atoms with van der Waals surface area (Å²) >= 11 is 0. The topological polar surface area (TPSA) is 42.1 Å². The molecule has 3 nitrogen and oxygen atoms in total. The van der Waals surface area contributed by atoms with E-state index in [1.807, 2.05) is 18.3 Å². The number of H-pyrrole nitrogens is 1. The van der Waals surface area contributed by atoms with Crippen LogP contribution in [-0.2, 0) is 16.0 Å². The van der Waals surface area contributed by atoms with Crippen molar-refractivity contribution in [1.29, 1.82) is 0 Å². The number of hydrogen-bond acceptors (Lipinski definition) is 2. The van der Waals surface area contributed by atoms with Gasteiger partial charge in [0.25, 0.3) is 0 Å². The van der Waals surface area contributed by atoms with Crippen LogP contribution in [0.4, 0.5) is 0 Å². The molecule has 1 heterocycles. The third kappa shape index (κ3) is 5.30. The summed E-state index contributed by atoms with van der Waals surface area (Å²) in [5.74, 6) is 5.90. The molecule has 0 aliphatic heterocycles. The molecule has 0 unspecified atom stereocenters. The Hall–Kier alpha value is -2.03. The van der Waals surface area contributed by atoms with Gasteiger partial charge < -0.3 is 9.72 Å². The largest absolute Gasteiger partial charge is 0.462 e. The predicted octanol–water partition coefficient (Wildman–Crippen LogP) is 10.3. The van der Waals surface area contributed by atoms with E-state index in [0.717, 1.165) is 70.7 Å². The Morgan fingerprint density at radius 1 is 1.02 bits per heavy atom. The lowest BCUT2D eigenvalue weighted by Gasteiger charge is -2.58. The van der Waals surface area contributed by atoms with Crippen molar-refractivity contribution in [3.8, 4) is 0 Å². The maximum Gasteiger partial charge on any atom is 0.310 e. The van der Waals surface area contributed by atoms with Gasteiger partial charge in [-0.1, -0.05) is 84.2 Å². The van der Waals surface area contributed by atoms with Gasteiger partial charge in [-0.15, -0.1) is 0 Å². The highest BCUT2D eigenvalue weighted by Gasteiger charge is 2.59. The van der Waals surface area contributed by atoms with Crippen molar-refractivity contribution in [2.24, 2.45) is 52.3 Å². The average molecular weight is 572 g/mol. The second kappa shape index (κ2) is 11.8. The van der Waals surface area contributed by atoms with Crippen molar-refractivity contribution in [3.05, 3.63) is 47.7 Å². The number of allylic oxidation sites excluding steroid dienone is 1. The van der Waals surface area contributed by atoms with Crippen LogP contribution in [0.15, 0.2) is 42.1 Å². The lowest BCUT2D eigenvalue weighted by atomic mass is 9.47. The van der Waals surface area contributed by atoms with E-state index in [1.165, 1.54) is 57.8 Å². The fourth-order valence-corrected chi connectivity index (χ4v) is 11.1. The number of carbonyl (C=O) groups excluding carboxylic acids is 1. The van der Waals surface area contributed by atoms with Gasteiger partial charge in [-0.05, 0) is 115 Å². The number of nitrogens with one attached hydrogen (secondary N) is 1. The maximum atomic E-state index is 13.0. The lowest BCUT2D eigenvalue weighted by Crippen LogP contribution is -2.51. The summed E-state index contributed by atoms with van der Waals surface area (Å²) in [6, 6.07) is 8.20. The number of ether oxygens (including phenoxy) is 1. The molecule has 2 aromatic rings. The summed E-state index contributed by atoms with van der Waals surface area (Å²) in [5, 5.41) is 1.13. The highest BCUT2D eigenvalue weighted by Crippen LogP contribution is 2.67. The summed E-state index contributed by atoms with van der Waals surface area (Å²) in [6.07, 6.45) is 19.2. The molecule has 4 aliphatic carbocycles. The number of fused-ring (bicyclic) bond motifs is 6. The van der Waals surface area contributed by atoms with Crippen molar-refractivity contribution in [2.45, 2.75) is 125 Å². The zero-order valence-corrected chi connectivity index (χ0v) is 27.4. The number of hydrogen-bond donors (Lipinski definition) is 1. The first-order valence-electron chi connectivity index (χ1n) is 17.6. The molecule has 6 rings (SSSR count). The molecule has 3 heteroatoms. The van der Waals surface area contributed by atoms with Gasteiger partial charge in [-0.3, -0.25) is 4.79 Å². The first kappa shape index (κ1) is 30.0. The van der Waals surface area contributed by atoms with Gasteiger partial charge >= 0.3 is 5.97 Å². The smallest absolute Gasteiger partial charge is 0.310 e. The zero-order chi connectivity index (χ0) is 29.6. The van der Waals surface area contributed by atoms with E-state index in [4.69, 9.17) is 4.74 Å². The quantitative estimate of drug-likeness (QED) is 0.240. The Morgan fingerprint density at radius 2 is 1.83 bits per heavy atom. The van der Waals surface area contributed by atoms with Crippen LogP contribution in [0.5, 0.6) is 0 Å². The number of rotatable bonds is 9. The number of esters is 1. The lowest BCUT2D eigenvalue weighted by molar-refractivity contribution is -0.150. The zero-order valence-electron chi connectivity index (χ0n) is 27.4. The van der Waals surface area contributed by atoms with Crippen molar-refractivity contribution < 1.29 is 9.53 Å². The third-order valence-electron chi connectivity index (χ3n) is 13.6. The molecular weight excluding hydrogens is 514 g/mol. The number of aromatic amines is 1. The van der Waals surface area contributed by atoms with Crippen LogP contribution in [-0.4, -0.2) is 17.1 Å². The molecule has 0 amide bonds. The van der Waals surface area contributed by atoms with Crippen molar-refractivity contribution in [3.63, 3.8) is 0 Å². The van der Waals surface area contributed by atoms with Crippen LogP contribution < -0.4 is 0 Å². The van der Waals surface area contributed by atoms with E-state index in [-0.39, 0.29) is 12.1 Å². The molecule has 1 aromatic carbocycles. The third-order valence-corrected chi connectivity index (χ3v) is 13.6. The van der Waals surface area contributed by atoms with Gasteiger partial charge in [0.05, 0.1) is 6.42 Å². The molecule has 0 saturated heterocycles. The number of para-hydroxylation sites is 1. The highest BCUT2D eigenvalue weighted by molar-refractivity contribution is 5.87. The Kier molecular flexibility index (Phi) is 8.44. The molecule has 42 heavy (non-hydrogen) atoms. The van der Waals surface area contributed by atoms with Gasteiger partial charge in [0.15, 0.2) is 0 Å². The van der Waals surface area contributed by atoms with Crippen molar-refractivity contribution >= 4 is 16.9 Å². The van der Waals surface area contributed by atoms with Crippen LogP contribution in [0.2, 0.25) is 0 Å². The Morgan fingerprint density at radius 3 is 2.62 bits per heavy atom. The van der Waals surface area contributed by atoms with Crippen LogP contribution in [0, 0.1) is 52.3 Å². The fourth-order valence-electron chi connectivity index (χ4n) is 11.1. The average Bonchev–Trinajstić information content (AvgIpc) is 3.54. The molecule has 0 radical (unpaired) electrons. The molecule has 3 saturated carbocycles. The molecule has 230 valence electrons. The number of aromatic nitrogens is 1. The van der Waals surface area contributed by atoms with Crippen LogP contribution >= 0.6 is 0 Å². The van der Waals surface area contributed by atoms with Crippen LogP contribution in [0.1, 0.15) is 118 Å². The normalized spacial score (nSPS) is 35.7. The maximum absolute atomic E-state index is 13.0. The fraction of sp³-hybridized carbons (Fsp3) is 0.718. The minimum absolute atomic E-state index is 0.0296. The number of benzene rings is 1. The predicted molar refractivity (Wildman–Crippen MR) is 174 cm³/mol. The minimum atomic E-state index is -0.0826. The highest BCUT2D eigenvalue weighted by atomic mass is 16.5. The first-order chi connectivity index (χ1) is 20.1. The molecule has 1 aromatic heterocycles. The molecule has 4 aliphatic rings. The second-order valence-electron chi connectivity index (χ2n) is 15.8. The molecule has 1 N–H and O–H groups in total. The molecule has 0 spiro atoms. The van der Waals surface area contributed by atoms with Gasteiger partial charge in [0.1, 0.15) is 6.10 Å². The van der Waals surface area contributed by atoms with E-state index in [1.54, 1.807) is 5.57 Å². The standard InChI is InChI=1S/C39H57NO2/c1-7-27(25(2)3)13-12-26(4)33-16-17-34-32-15-14-29-23-30(18-20-38(29,5)35(32)19-21-39(33,34)6)42-37(41)22-28-24-40-36-11-9-8-10-31(28)36/h8-11,14,24-27,30,32-35,40H,7,12-13,15-23H2,1-6H3/t26-,27-,30+,32+,33-,34+,35+,38+,39-/m1/s1. The van der Waals surface area contributed by atoms with E-state index in [9.17, 15) is 4.79 Å². The van der Waals surface area contributed by atoms with E-state index in [0.29, 0.717) is 17.3 Å². The van der Waals surface area contributed by atoms with Gasteiger partial charge in [0.2, 0.25) is 0 Å². The van der Waals surface area contributed by atoms with Gasteiger partial charge in [-0.25, -0.2) is 0 Å². The van der Waals surface area contributed by atoms with Crippen molar-refractivity contribution in [1.82, 2.24) is 4.98 Å². The summed E-state index contributed by atoms with van der Waals surface area (Å²) in [5.41, 5.74) is 4.54. The van der Waals surface area contributed by atoms with E-state index < -0.39 is 0 Å². The summed E-state index contributed by atoms with van der Waals surface area (Å²) < 4.78 is 6.14. The first-order valence-corrected chi connectivity index (χ1v) is 17.6. The van der Waals surface area contributed by atoms with Gasteiger partial charge in [-0.2, -0.15) is 0 Å². The van der Waals surface area contributed by atoms with E-state index in [2.05, 4.69) is 64.7 Å². The minimum Gasteiger partial charge on any atom is -0.462 e. The summed E-state index contributed by atoms with van der Waals surface area (Å²) in [6.45, 7) is 15.1. The Bertz CT molecular complexity index is 1290. The number of carbonyl (C=O) groups is 1. The molecular formula is C39H57NO2. The monoisotopic (exact) mass is 571 g/mol. The van der Waals surface area contributed by atoms with E-state index >= 15 is 0 Å². The van der Waals surface area contributed by atoms with Crippen LogP contribution in [0.25, 0.3) is 10.9 Å². The summed E-state index contributed by atoms with van der Waals surface area (Å²) in [7, 11) is 0.